The summed E-state index contributed by atoms with van der Waals surface area (Å²) in [5, 5.41) is 0. The molecule has 0 radical (unpaired) electrons. The highest BCUT2D eigenvalue weighted by atomic mass is 16.7. The molecule has 0 saturated carbocycles. The molecule has 0 spiro atoms. The molecule has 3 aromatic rings. The Kier molecular flexibility index (Phi) is 8.02. The summed E-state index contributed by atoms with van der Waals surface area (Å²) in [4.78, 5) is 13.0. The summed E-state index contributed by atoms with van der Waals surface area (Å²) in [6, 6.07) is 10.8. The van der Waals surface area contributed by atoms with Crippen LogP contribution in [0.1, 0.15) is 18.2 Å². The van der Waals surface area contributed by atoms with Crippen LogP contribution in [0.4, 0.5) is 0 Å². The Morgan fingerprint density at radius 2 is 1.78 bits per heavy atom. The molecule has 0 amide bonds. The fraction of sp³-hybridized carbons (Fsp3) is 0.296. The molecule has 1 aliphatic rings. The van der Waals surface area contributed by atoms with Gasteiger partial charge in [-0.2, -0.15) is 0 Å². The first-order valence-electron chi connectivity index (χ1n) is 11.3. The maximum absolute atomic E-state index is 13.0. The second-order valence-corrected chi connectivity index (χ2v) is 7.70. The zero-order valence-electron chi connectivity index (χ0n) is 20.6. The van der Waals surface area contributed by atoms with Crippen LogP contribution >= 0.6 is 0 Å². The van der Waals surface area contributed by atoms with Gasteiger partial charge in [-0.1, -0.05) is 0 Å². The minimum Gasteiger partial charge on any atom is -0.497 e. The van der Waals surface area contributed by atoms with Crippen LogP contribution < -0.4 is 23.7 Å². The number of benzene rings is 2. The first kappa shape index (κ1) is 25.0. The third-order valence-corrected chi connectivity index (χ3v) is 5.51. The highest BCUT2D eigenvalue weighted by Gasteiger charge is 2.22. The molecule has 4 rings (SSSR count). The van der Waals surface area contributed by atoms with E-state index in [1.807, 2.05) is 12.1 Å². The lowest BCUT2D eigenvalue weighted by Gasteiger charge is -2.13. The van der Waals surface area contributed by atoms with Gasteiger partial charge in [-0.05, 0) is 37.3 Å². The SMILES string of the molecule is CCOC(=O)C(=Cc1occc1-c1ccc(OC)cc1OCOC)Cc1cc2c(cc1OC)OCO2. The van der Waals surface area contributed by atoms with Crippen molar-refractivity contribution in [3.8, 4) is 39.9 Å². The quantitative estimate of drug-likeness (QED) is 0.209. The Balaban J connectivity index is 1.74. The highest BCUT2D eigenvalue weighted by Crippen LogP contribution is 2.40. The van der Waals surface area contributed by atoms with Gasteiger partial charge < -0.3 is 37.6 Å². The third-order valence-electron chi connectivity index (χ3n) is 5.51. The van der Waals surface area contributed by atoms with Gasteiger partial charge in [0.05, 0.1) is 27.1 Å². The summed E-state index contributed by atoms with van der Waals surface area (Å²) in [5.74, 6) is 2.92. The number of methoxy groups -OCH3 is 3. The van der Waals surface area contributed by atoms with Crippen molar-refractivity contribution in [3.05, 3.63) is 59.6 Å². The van der Waals surface area contributed by atoms with Crippen molar-refractivity contribution in [2.24, 2.45) is 0 Å². The first-order chi connectivity index (χ1) is 17.6. The number of hydrogen-bond acceptors (Lipinski definition) is 9. The highest BCUT2D eigenvalue weighted by molar-refractivity contribution is 5.95. The Morgan fingerprint density at radius 1 is 0.972 bits per heavy atom. The van der Waals surface area contributed by atoms with Crippen LogP contribution in [-0.4, -0.2) is 47.5 Å². The zero-order valence-corrected chi connectivity index (χ0v) is 20.6. The Morgan fingerprint density at radius 3 is 2.50 bits per heavy atom. The topological polar surface area (TPSA) is 94.8 Å². The van der Waals surface area contributed by atoms with E-state index in [0.717, 1.165) is 16.7 Å². The van der Waals surface area contributed by atoms with E-state index < -0.39 is 5.97 Å². The number of hydrogen-bond donors (Lipinski definition) is 0. The van der Waals surface area contributed by atoms with Gasteiger partial charge in [0.1, 0.15) is 23.0 Å². The Labute approximate surface area is 209 Å². The van der Waals surface area contributed by atoms with E-state index in [9.17, 15) is 4.79 Å². The predicted octanol–water partition coefficient (Wildman–Crippen LogP) is 4.86. The van der Waals surface area contributed by atoms with Gasteiger partial charge >= 0.3 is 5.97 Å². The number of rotatable bonds is 11. The van der Waals surface area contributed by atoms with Gasteiger partial charge in [-0.3, -0.25) is 0 Å². The fourth-order valence-electron chi connectivity index (χ4n) is 3.81. The Hall–Kier alpha value is -4.11. The normalized spacial score (nSPS) is 12.4. The van der Waals surface area contributed by atoms with Crippen molar-refractivity contribution in [3.63, 3.8) is 0 Å². The number of ether oxygens (including phenoxy) is 7. The molecular formula is C27H28O9. The average molecular weight is 497 g/mol. The van der Waals surface area contributed by atoms with Gasteiger partial charge in [0.25, 0.3) is 0 Å². The van der Waals surface area contributed by atoms with E-state index in [1.165, 1.54) is 0 Å². The monoisotopic (exact) mass is 496 g/mol. The van der Waals surface area contributed by atoms with Gasteiger partial charge in [0, 0.05) is 47.9 Å². The van der Waals surface area contributed by atoms with Crippen LogP contribution in [0, 0.1) is 0 Å². The summed E-state index contributed by atoms with van der Waals surface area (Å²) in [6.45, 7) is 2.17. The molecule has 0 N–H and O–H groups in total. The van der Waals surface area contributed by atoms with E-state index in [2.05, 4.69) is 0 Å². The van der Waals surface area contributed by atoms with E-state index in [0.29, 0.717) is 40.1 Å². The summed E-state index contributed by atoms with van der Waals surface area (Å²) in [7, 11) is 4.68. The number of furan rings is 1. The minimum atomic E-state index is -0.467. The lowest BCUT2D eigenvalue weighted by Crippen LogP contribution is -2.10. The van der Waals surface area contributed by atoms with Crippen molar-refractivity contribution < 1.29 is 42.4 Å². The van der Waals surface area contributed by atoms with Crippen LogP contribution in [0.15, 0.2) is 52.7 Å². The van der Waals surface area contributed by atoms with E-state index in [1.54, 1.807) is 64.9 Å². The predicted molar refractivity (Wildman–Crippen MR) is 131 cm³/mol. The second kappa shape index (κ2) is 11.5. The molecule has 0 atom stereocenters. The molecule has 2 heterocycles. The molecule has 0 unspecified atom stereocenters. The van der Waals surface area contributed by atoms with Gasteiger partial charge in [-0.25, -0.2) is 4.79 Å². The largest absolute Gasteiger partial charge is 0.497 e. The van der Waals surface area contributed by atoms with Crippen molar-refractivity contribution in [1.82, 2.24) is 0 Å². The van der Waals surface area contributed by atoms with E-state index in [4.69, 9.17) is 37.6 Å². The standard InChI is InChI=1S/C27H28O9/c1-5-32-27(28)18(10-17-11-25-26(36-16-35-25)14-22(17)31-4)12-23-21(8-9-33-23)20-7-6-19(30-3)13-24(20)34-15-29-2/h6-9,11-14H,5,10,15-16H2,1-4H3. The zero-order chi connectivity index (χ0) is 25.5. The maximum Gasteiger partial charge on any atom is 0.334 e. The lowest BCUT2D eigenvalue weighted by molar-refractivity contribution is -0.138. The van der Waals surface area contributed by atoms with Crippen LogP contribution in [0.2, 0.25) is 0 Å². The first-order valence-corrected chi connectivity index (χ1v) is 11.3. The summed E-state index contributed by atoms with van der Waals surface area (Å²) in [5.41, 5.74) is 2.58. The molecule has 0 fully saturated rings. The Bertz CT molecular complexity index is 1240. The maximum atomic E-state index is 13.0. The summed E-state index contributed by atoms with van der Waals surface area (Å²) in [6.07, 6.45) is 3.44. The summed E-state index contributed by atoms with van der Waals surface area (Å²) < 4.78 is 43.8. The van der Waals surface area contributed by atoms with Crippen LogP contribution in [-0.2, 0) is 20.7 Å². The molecule has 190 valence electrons. The number of fused-ring (bicyclic) bond motifs is 1. The molecule has 0 aliphatic carbocycles. The van der Waals surface area contributed by atoms with Gasteiger partial charge in [0.2, 0.25) is 6.79 Å². The smallest absolute Gasteiger partial charge is 0.334 e. The van der Waals surface area contributed by atoms with Crippen molar-refractivity contribution in [2.45, 2.75) is 13.3 Å². The van der Waals surface area contributed by atoms with E-state index in [-0.39, 0.29) is 26.6 Å². The van der Waals surface area contributed by atoms with Crippen molar-refractivity contribution in [1.29, 1.82) is 0 Å². The van der Waals surface area contributed by atoms with Crippen LogP contribution in [0.25, 0.3) is 17.2 Å². The van der Waals surface area contributed by atoms with Crippen LogP contribution in [0.5, 0.6) is 28.7 Å². The fourth-order valence-corrected chi connectivity index (χ4v) is 3.81. The van der Waals surface area contributed by atoms with E-state index >= 15 is 0 Å². The molecular weight excluding hydrogens is 468 g/mol. The molecule has 0 bridgehead atoms. The molecule has 2 aromatic carbocycles. The minimum absolute atomic E-state index is 0.0567. The molecule has 9 nitrogen and oxygen atoms in total. The second-order valence-electron chi connectivity index (χ2n) is 7.70. The van der Waals surface area contributed by atoms with Gasteiger partial charge in [-0.15, -0.1) is 0 Å². The molecule has 1 aliphatic heterocycles. The number of carbonyl (C=O) groups excluding carboxylic acids is 1. The van der Waals surface area contributed by atoms with Gasteiger partial charge in [0.15, 0.2) is 18.3 Å². The number of esters is 1. The third kappa shape index (κ3) is 5.41. The lowest BCUT2D eigenvalue weighted by atomic mass is 9.99. The molecule has 0 saturated heterocycles. The molecule has 36 heavy (non-hydrogen) atoms. The molecule has 1 aromatic heterocycles. The van der Waals surface area contributed by atoms with Crippen LogP contribution in [0.3, 0.4) is 0 Å². The molecule has 9 heteroatoms. The van der Waals surface area contributed by atoms with Crippen molar-refractivity contribution >= 4 is 12.0 Å². The van der Waals surface area contributed by atoms with Crippen molar-refractivity contribution in [2.75, 3.05) is 41.5 Å². The number of carbonyl (C=O) groups is 1. The summed E-state index contributed by atoms with van der Waals surface area (Å²) >= 11 is 0. The average Bonchev–Trinajstić information content (AvgIpc) is 3.55.